The Morgan fingerprint density at radius 2 is 1.97 bits per heavy atom. The molecule has 5 rings (SSSR count). The number of carboxylic acids is 1. The summed E-state index contributed by atoms with van der Waals surface area (Å²) in [6.45, 7) is 4.31. The number of halogens is 2. The number of benzene rings is 1. The van der Waals surface area contributed by atoms with Crippen molar-refractivity contribution in [2.45, 2.75) is 69.9 Å². The van der Waals surface area contributed by atoms with Crippen molar-refractivity contribution in [1.29, 1.82) is 0 Å². The Bertz CT molecular complexity index is 1320. The van der Waals surface area contributed by atoms with E-state index in [4.69, 9.17) is 4.98 Å². The summed E-state index contributed by atoms with van der Waals surface area (Å²) in [5.74, 6) is -3.04. The highest BCUT2D eigenvalue weighted by atomic mass is 32.1. The average Bonchev–Trinajstić information content (AvgIpc) is 3.36. The normalized spacial score (nSPS) is 19.5. The van der Waals surface area contributed by atoms with E-state index in [1.807, 2.05) is 26.0 Å². The van der Waals surface area contributed by atoms with Crippen molar-refractivity contribution < 1.29 is 18.7 Å². The monoisotopic (exact) mass is 473 g/mol. The first-order valence-corrected chi connectivity index (χ1v) is 12.0. The van der Waals surface area contributed by atoms with Crippen molar-refractivity contribution in [3.05, 3.63) is 56.4 Å². The van der Waals surface area contributed by atoms with Crippen LogP contribution in [0.4, 0.5) is 13.8 Å². The smallest absolute Gasteiger partial charge is 0.338 e. The molecule has 0 bridgehead atoms. The van der Waals surface area contributed by atoms with Crippen molar-refractivity contribution in [2.75, 3.05) is 5.32 Å². The van der Waals surface area contributed by atoms with E-state index in [0.717, 1.165) is 11.1 Å². The highest BCUT2D eigenvalue weighted by molar-refractivity contribution is 7.14. The lowest BCUT2D eigenvalue weighted by atomic mass is 9.71. The zero-order valence-corrected chi connectivity index (χ0v) is 19.3. The van der Waals surface area contributed by atoms with Gasteiger partial charge in [0, 0.05) is 30.4 Å². The molecule has 174 valence electrons. The highest BCUT2D eigenvalue weighted by Crippen LogP contribution is 2.49. The van der Waals surface area contributed by atoms with Crippen LogP contribution in [0.3, 0.4) is 0 Å². The molecule has 1 fully saturated rings. The molecule has 2 N–H and O–H groups in total. The van der Waals surface area contributed by atoms with E-state index in [0.29, 0.717) is 47.5 Å². The van der Waals surface area contributed by atoms with E-state index in [1.165, 1.54) is 11.3 Å². The summed E-state index contributed by atoms with van der Waals surface area (Å²) in [7, 11) is 0. The number of aryl methyl sites for hydroxylation is 1. The van der Waals surface area contributed by atoms with Crippen LogP contribution in [0.1, 0.15) is 72.4 Å². The number of nitrogens with one attached hydrogen (secondary N) is 1. The summed E-state index contributed by atoms with van der Waals surface area (Å²) < 4.78 is 29.5. The Morgan fingerprint density at radius 3 is 2.67 bits per heavy atom. The Hall–Kier alpha value is -2.81. The van der Waals surface area contributed by atoms with Crippen LogP contribution in [0.15, 0.2) is 28.4 Å². The molecule has 9 heteroatoms. The van der Waals surface area contributed by atoms with Crippen molar-refractivity contribution in [1.82, 2.24) is 9.55 Å². The maximum absolute atomic E-state index is 13.9. The summed E-state index contributed by atoms with van der Waals surface area (Å²) in [5.41, 5.74) is 1.82. The van der Waals surface area contributed by atoms with Crippen molar-refractivity contribution in [2.24, 2.45) is 0 Å². The number of carbonyl (C=O) groups is 1. The fourth-order valence-electron chi connectivity index (χ4n) is 5.31. The second-order valence-corrected chi connectivity index (χ2v) is 10.3. The molecule has 1 aliphatic carbocycles. The van der Waals surface area contributed by atoms with Gasteiger partial charge in [-0.05, 0) is 56.2 Å². The van der Waals surface area contributed by atoms with Gasteiger partial charge < -0.3 is 10.4 Å². The third-order valence-corrected chi connectivity index (χ3v) is 8.01. The van der Waals surface area contributed by atoms with Gasteiger partial charge in [-0.2, -0.15) is 0 Å². The number of thiophene rings is 1. The molecular formula is C24H25F2N3O3S. The molecule has 0 saturated heterocycles. The van der Waals surface area contributed by atoms with Gasteiger partial charge in [0.1, 0.15) is 10.8 Å². The average molecular weight is 474 g/mol. The summed E-state index contributed by atoms with van der Waals surface area (Å²) in [6.07, 6.45) is 0.932. The van der Waals surface area contributed by atoms with Gasteiger partial charge in [-0.3, -0.25) is 9.36 Å². The number of aromatic nitrogens is 2. The van der Waals surface area contributed by atoms with Crippen LogP contribution < -0.4 is 10.9 Å². The van der Waals surface area contributed by atoms with Crippen LogP contribution >= 0.6 is 11.3 Å². The van der Waals surface area contributed by atoms with Gasteiger partial charge in [0.25, 0.3) is 5.56 Å². The lowest BCUT2D eigenvalue weighted by Gasteiger charge is -2.36. The highest BCUT2D eigenvalue weighted by Gasteiger charge is 2.49. The summed E-state index contributed by atoms with van der Waals surface area (Å²) in [5, 5.41) is 15.5. The molecule has 1 saturated carbocycles. The minimum absolute atomic E-state index is 0.135. The van der Waals surface area contributed by atoms with Gasteiger partial charge in [0.15, 0.2) is 0 Å². The summed E-state index contributed by atoms with van der Waals surface area (Å²) in [4.78, 5) is 29.9. The number of rotatable bonds is 4. The van der Waals surface area contributed by atoms with E-state index in [2.05, 4.69) is 5.32 Å². The molecule has 3 heterocycles. The van der Waals surface area contributed by atoms with E-state index in [9.17, 15) is 23.5 Å². The summed E-state index contributed by atoms with van der Waals surface area (Å²) in [6, 6.07) is 5.01. The lowest BCUT2D eigenvalue weighted by molar-refractivity contribution is -0.0523. The molecule has 0 amide bonds. The predicted molar refractivity (Wildman–Crippen MR) is 124 cm³/mol. The molecule has 2 aromatic heterocycles. The van der Waals surface area contributed by atoms with Crippen LogP contribution in [0.5, 0.6) is 0 Å². The SMILES string of the molecule is Cc1cc([C@@H](C)Nc2sccc2C(=O)O)c2nc3n(c(=O)c2c1)CCC31CCC(F)(F)CC1. The first-order valence-electron chi connectivity index (χ1n) is 11.1. The fourth-order valence-corrected chi connectivity index (χ4v) is 6.18. The first kappa shape index (κ1) is 22.0. The molecular weight excluding hydrogens is 448 g/mol. The topological polar surface area (TPSA) is 84.2 Å². The van der Waals surface area contributed by atoms with Gasteiger partial charge in [-0.1, -0.05) is 6.07 Å². The van der Waals surface area contributed by atoms with Crippen LogP contribution in [0.2, 0.25) is 0 Å². The maximum Gasteiger partial charge on any atom is 0.338 e. The van der Waals surface area contributed by atoms with Gasteiger partial charge in [-0.25, -0.2) is 18.6 Å². The van der Waals surface area contributed by atoms with E-state index in [-0.39, 0.29) is 30.0 Å². The maximum atomic E-state index is 13.9. The quantitative estimate of drug-likeness (QED) is 0.524. The summed E-state index contributed by atoms with van der Waals surface area (Å²) >= 11 is 1.30. The Balaban J connectivity index is 1.62. The molecule has 33 heavy (non-hydrogen) atoms. The standard InChI is InChI=1S/C24H25F2N3O3S/c1-13-11-16(14(2)27-19-15(21(31)32)3-10-33-19)18-17(12-13)20(30)29-9-8-23(22(29)28-18)4-6-24(25,26)7-5-23/h3,10-12,14,27H,4-9H2,1-2H3,(H,31,32)/t14-/m1/s1. The number of alkyl halides is 2. The lowest BCUT2D eigenvalue weighted by Crippen LogP contribution is -2.37. The van der Waals surface area contributed by atoms with Crippen molar-refractivity contribution in [3.63, 3.8) is 0 Å². The Labute approximate surface area is 193 Å². The van der Waals surface area contributed by atoms with E-state index >= 15 is 0 Å². The van der Waals surface area contributed by atoms with E-state index < -0.39 is 17.3 Å². The first-order chi connectivity index (χ1) is 15.6. The molecule has 0 radical (unpaired) electrons. The van der Waals surface area contributed by atoms with Crippen molar-refractivity contribution in [3.8, 4) is 0 Å². The molecule has 0 unspecified atom stereocenters. The zero-order valence-electron chi connectivity index (χ0n) is 18.5. The second-order valence-electron chi connectivity index (χ2n) is 9.36. The number of fused-ring (bicyclic) bond motifs is 3. The minimum atomic E-state index is -2.65. The second kappa shape index (κ2) is 7.62. The van der Waals surface area contributed by atoms with Gasteiger partial charge in [-0.15, -0.1) is 11.3 Å². The molecule has 1 aromatic carbocycles. The Kier molecular flexibility index (Phi) is 5.08. The van der Waals surface area contributed by atoms with E-state index in [1.54, 1.807) is 16.0 Å². The molecule has 1 atom stereocenters. The number of carboxylic acid groups (broad SMARTS) is 1. The van der Waals surface area contributed by atoms with Crippen LogP contribution in [-0.2, 0) is 12.0 Å². The van der Waals surface area contributed by atoms with Gasteiger partial charge in [0.05, 0.1) is 22.5 Å². The Morgan fingerprint density at radius 1 is 1.24 bits per heavy atom. The zero-order chi connectivity index (χ0) is 23.5. The number of hydrogen-bond acceptors (Lipinski definition) is 5. The van der Waals surface area contributed by atoms with Gasteiger partial charge >= 0.3 is 5.97 Å². The van der Waals surface area contributed by atoms with Crippen LogP contribution in [0, 0.1) is 6.92 Å². The fraction of sp³-hybridized carbons (Fsp3) is 0.458. The molecule has 2 aliphatic rings. The van der Waals surface area contributed by atoms with Crippen molar-refractivity contribution >= 4 is 33.2 Å². The molecule has 1 aliphatic heterocycles. The van der Waals surface area contributed by atoms with Gasteiger partial charge in [0.2, 0.25) is 5.92 Å². The molecule has 3 aromatic rings. The number of hydrogen-bond donors (Lipinski definition) is 2. The predicted octanol–water partition coefficient (Wildman–Crippen LogP) is 5.49. The largest absolute Gasteiger partial charge is 0.478 e. The third kappa shape index (κ3) is 3.62. The number of aromatic carboxylic acids is 1. The molecule has 1 spiro atoms. The number of nitrogens with zero attached hydrogens (tertiary/aromatic N) is 2. The van der Waals surface area contributed by atoms with Crippen LogP contribution in [0.25, 0.3) is 10.9 Å². The number of anilines is 1. The minimum Gasteiger partial charge on any atom is -0.478 e. The molecule has 6 nitrogen and oxygen atoms in total. The third-order valence-electron chi connectivity index (χ3n) is 7.17. The van der Waals surface area contributed by atoms with Crippen LogP contribution in [-0.4, -0.2) is 26.5 Å².